The van der Waals surface area contributed by atoms with Crippen LogP contribution in [0.2, 0.25) is 18.1 Å². The summed E-state index contributed by atoms with van der Waals surface area (Å²) in [6.07, 6.45) is 51.8. The van der Waals surface area contributed by atoms with E-state index in [1.165, 1.54) is 249 Å². The van der Waals surface area contributed by atoms with Gasteiger partial charge in [-0.05, 0) is 18.1 Å². The van der Waals surface area contributed by atoms with Crippen LogP contribution in [0.15, 0.2) is 0 Å². The topological polar surface area (TPSA) is 18.5 Å². The van der Waals surface area contributed by atoms with Gasteiger partial charge < -0.3 is 9.16 Å². The largest absolute Gasteiger partial charge is 0.414 e. The summed E-state index contributed by atoms with van der Waals surface area (Å²) in [5, 5.41) is 0. The molecule has 0 amide bonds. The van der Waals surface area contributed by atoms with Gasteiger partial charge in [-0.1, -0.05) is 252 Å². The lowest BCUT2D eigenvalue weighted by molar-refractivity contribution is 0.140. The number of hydrogen-bond acceptors (Lipinski definition) is 2. The molecule has 0 N–H and O–H groups in total. The van der Waals surface area contributed by atoms with Crippen LogP contribution in [0.3, 0.4) is 0 Å². The maximum Gasteiger partial charge on any atom is 0.192 e. The molecule has 3 heteroatoms. The van der Waals surface area contributed by atoms with Gasteiger partial charge in [0.1, 0.15) is 0 Å². The molecule has 0 fully saturated rings. The second-order valence-corrected chi connectivity index (χ2v) is 20.1. The van der Waals surface area contributed by atoms with E-state index in [9.17, 15) is 0 Å². The van der Waals surface area contributed by atoms with Crippen LogP contribution in [0.1, 0.15) is 252 Å². The lowest BCUT2D eigenvalue weighted by Crippen LogP contribution is -2.39. The monoisotopic (exact) mass is 695 g/mol. The number of rotatable bonds is 43. The number of unbranched alkanes of at least 4 members (excludes halogenated alkanes) is 33. The zero-order chi connectivity index (χ0) is 34.9. The molecule has 48 heavy (non-hydrogen) atoms. The number of hydrogen-bond donors (Lipinski definition) is 0. The lowest BCUT2D eigenvalue weighted by Gasteiger charge is -2.32. The average molecular weight is 695 g/mol. The molecule has 0 aliphatic heterocycles. The van der Waals surface area contributed by atoms with Crippen molar-refractivity contribution in [2.75, 3.05) is 20.3 Å². The van der Waals surface area contributed by atoms with Crippen LogP contribution in [0, 0.1) is 0 Å². The van der Waals surface area contributed by atoms with Crippen LogP contribution in [0.5, 0.6) is 0 Å². The third kappa shape index (κ3) is 35.9. The molecule has 0 heterocycles. The zero-order valence-electron chi connectivity index (χ0n) is 34.3. The second-order valence-electron chi connectivity index (χ2n) is 15.9. The van der Waals surface area contributed by atoms with Gasteiger partial charge in [-0.25, -0.2) is 0 Å². The highest BCUT2D eigenvalue weighted by Gasteiger charge is 2.33. The van der Waals surface area contributed by atoms with E-state index in [2.05, 4.69) is 20.8 Å². The first-order chi connectivity index (χ1) is 23.7. The Labute approximate surface area is 307 Å². The summed E-state index contributed by atoms with van der Waals surface area (Å²) in [6.45, 7) is 8.55. The summed E-state index contributed by atoms with van der Waals surface area (Å²) in [6, 6.07) is 4.22. The van der Waals surface area contributed by atoms with Gasteiger partial charge in [0.05, 0.1) is 13.2 Å². The highest BCUT2D eigenvalue weighted by Crippen LogP contribution is 2.31. The molecular formula is C45H94O2Si. The average Bonchev–Trinajstić information content (AvgIpc) is 3.09. The first-order valence-electron chi connectivity index (χ1n) is 22.9. The SMILES string of the molecule is CCCCCCCCCCCCCC[Si](CCCCCCCCCCCCCC)(CCCCCCCCCCCCCC)OCCOC. The van der Waals surface area contributed by atoms with E-state index in [0.717, 1.165) is 13.2 Å². The van der Waals surface area contributed by atoms with Gasteiger partial charge in [0.2, 0.25) is 0 Å². The van der Waals surface area contributed by atoms with Crippen molar-refractivity contribution in [2.45, 2.75) is 270 Å². The molecule has 0 aliphatic rings. The van der Waals surface area contributed by atoms with E-state index < -0.39 is 8.32 Å². The highest BCUT2D eigenvalue weighted by molar-refractivity contribution is 6.73. The maximum atomic E-state index is 6.98. The summed E-state index contributed by atoms with van der Waals surface area (Å²) in [7, 11) is 0.137. The first kappa shape index (κ1) is 48.1. The molecular weight excluding hydrogens is 601 g/mol. The van der Waals surface area contributed by atoms with Crippen molar-refractivity contribution in [1.29, 1.82) is 0 Å². The third-order valence-electron chi connectivity index (χ3n) is 11.2. The predicted molar refractivity (Wildman–Crippen MR) is 221 cm³/mol. The van der Waals surface area contributed by atoms with E-state index in [4.69, 9.17) is 9.16 Å². The molecule has 0 saturated heterocycles. The zero-order valence-corrected chi connectivity index (χ0v) is 35.3. The fraction of sp³-hybridized carbons (Fsp3) is 1.00. The van der Waals surface area contributed by atoms with Crippen LogP contribution in [-0.2, 0) is 9.16 Å². The smallest absolute Gasteiger partial charge is 0.192 e. The maximum absolute atomic E-state index is 6.98. The van der Waals surface area contributed by atoms with E-state index in [-0.39, 0.29) is 0 Å². The molecule has 0 unspecified atom stereocenters. The normalized spacial score (nSPS) is 12.0. The molecule has 0 bridgehead atoms. The number of ether oxygens (including phenoxy) is 1. The minimum atomic E-state index is -1.70. The van der Waals surface area contributed by atoms with Crippen molar-refractivity contribution in [2.24, 2.45) is 0 Å². The van der Waals surface area contributed by atoms with Crippen molar-refractivity contribution in [3.63, 3.8) is 0 Å². The van der Waals surface area contributed by atoms with Crippen molar-refractivity contribution >= 4 is 8.32 Å². The summed E-state index contributed by atoms with van der Waals surface area (Å²) in [5.41, 5.74) is 0. The Morgan fingerprint density at radius 1 is 0.271 bits per heavy atom. The molecule has 2 nitrogen and oxygen atoms in total. The Kier molecular flexibility index (Phi) is 41.7. The van der Waals surface area contributed by atoms with Gasteiger partial charge >= 0.3 is 0 Å². The Bertz CT molecular complexity index is 498. The Hall–Kier alpha value is 0.137. The number of methoxy groups -OCH3 is 1. The molecule has 0 spiro atoms. The summed E-state index contributed by atoms with van der Waals surface area (Å²) in [5.74, 6) is 0. The standard InChI is InChI=1S/C45H94O2Si/c1-5-8-11-14-17-20-23-26-29-32-35-38-43-48(47-42-41-46-4,44-39-36-33-30-27-24-21-18-15-12-9-6-2)45-40-37-34-31-28-25-22-19-16-13-10-7-3/h5-45H2,1-4H3. The van der Waals surface area contributed by atoms with E-state index in [1.54, 1.807) is 0 Å². The molecule has 0 radical (unpaired) electrons. The first-order valence-corrected chi connectivity index (χ1v) is 25.4. The van der Waals surface area contributed by atoms with Crippen molar-refractivity contribution in [3.8, 4) is 0 Å². The Morgan fingerprint density at radius 2 is 0.479 bits per heavy atom. The summed E-state index contributed by atoms with van der Waals surface area (Å²) in [4.78, 5) is 0. The minimum absolute atomic E-state index is 0.768. The van der Waals surface area contributed by atoms with Crippen molar-refractivity contribution in [1.82, 2.24) is 0 Å². The van der Waals surface area contributed by atoms with E-state index >= 15 is 0 Å². The molecule has 0 aromatic heterocycles. The molecule has 0 saturated carbocycles. The quantitative estimate of drug-likeness (QED) is 0.0467. The molecule has 0 aromatic carbocycles. The third-order valence-corrected chi connectivity index (χ3v) is 15.8. The Morgan fingerprint density at radius 3 is 0.688 bits per heavy atom. The molecule has 290 valence electrons. The van der Waals surface area contributed by atoms with Crippen LogP contribution >= 0.6 is 0 Å². The van der Waals surface area contributed by atoms with Crippen LogP contribution in [-0.4, -0.2) is 28.6 Å². The van der Waals surface area contributed by atoms with Gasteiger partial charge in [-0.2, -0.15) is 0 Å². The van der Waals surface area contributed by atoms with Gasteiger partial charge in [0.15, 0.2) is 8.32 Å². The molecule has 0 rings (SSSR count). The highest BCUT2D eigenvalue weighted by atomic mass is 28.4. The lowest BCUT2D eigenvalue weighted by atomic mass is 10.1. The van der Waals surface area contributed by atoms with Gasteiger partial charge in [-0.3, -0.25) is 0 Å². The van der Waals surface area contributed by atoms with Crippen LogP contribution in [0.4, 0.5) is 0 Å². The van der Waals surface area contributed by atoms with E-state index in [1.807, 2.05) is 7.11 Å². The van der Waals surface area contributed by atoms with Crippen LogP contribution in [0.25, 0.3) is 0 Å². The van der Waals surface area contributed by atoms with Gasteiger partial charge in [0, 0.05) is 7.11 Å². The summed E-state index contributed by atoms with van der Waals surface area (Å²) < 4.78 is 12.5. The molecule has 0 aliphatic carbocycles. The van der Waals surface area contributed by atoms with Crippen molar-refractivity contribution < 1.29 is 9.16 Å². The Balaban J connectivity index is 4.54. The molecule has 0 atom stereocenters. The minimum Gasteiger partial charge on any atom is -0.414 e. The fourth-order valence-electron chi connectivity index (χ4n) is 7.80. The summed E-state index contributed by atoms with van der Waals surface area (Å²) >= 11 is 0. The molecule has 0 aromatic rings. The van der Waals surface area contributed by atoms with E-state index in [0.29, 0.717) is 0 Å². The van der Waals surface area contributed by atoms with Gasteiger partial charge in [-0.15, -0.1) is 0 Å². The van der Waals surface area contributed by atoms with Gasteiger partial charge in [0.25, 0.3) is 0 Å². The van der Waals surface area contributed by atoms with Crippen LogP contribution < -0.4 is 0 Å². The second kappa shape index (κ2) is 41.6. The van der Waals surface area contributed by atoms with Crippen molar-refractivity contribution in [3.05, 3.63) is 0 Å². The fourth-order valence-corrected chi connectivity index (χ4v) is 12.2. The predicted octanol–water partition coefficient (Wildman–Crippen LogP) is 16.7.